The SMILES string of the molecule is CCc1ccc(OCC(=O)NN[C@H]2CCS(=O)(=O)C2)cc1. The summed E-state index contributed by atoms with van der Waals surface area (Å²) in [5.41, 5.74) is 6.41. The highest BCUT2D eigenvalue weighted by atomic mass is 32.2. The van der Waals surface area contributed by atoms with Crippen molar-refractivity contribution < 1.29 is 17.9 Å². The van der Waals surface area contributed by atoms with Crippen LogP contribution >= 0.6 is 0 Å². The van der Waals surface area contributed by atoms with E-state index in [9.17, 15) is 13.2 Å². The quantitative estimate of drug-likeness (QED) is 0.745. The molecule has 0 bridgehead atoms. The number of sulfone groups is 1. The molecule has 0 unspecified atom stereocenters. The highest BCUT2D eigenvalue weighted by Gasteiger charge is 2.27. The molecule has 2 N–H and O–H groups in total. The summed E-state index contributed by atoms with van der Waals surface area (Å²) in [5.74, 6) is 0.526. The second kappa shape index (κ2) is 6.91. The molecule has 1 fully saturated rings. The Hall–Kier alpha value is -1.60. The van der Waals surface area contributed by atoms with Gasteiger partial charge in [-0.1, -0.05) is 19.1 Å². The molecule has 1 saturated heterocycles. The van der Waals surface area contributed by atoms with Gasteiger partial charge in [-0.25, -0.2) is 13.8 Å². The maximum Gasteiger partial charge on any atom is 0.271 e. The first kappa shape index (κ1) is 15.8. The van der Waals surface area contributed by atoms with Crippen LogP contribution < -0.4 is 15.6 Å². The van der Waals surface area contributed by atoms with Crippen molar-refractivity contribution in [3.8, 4) is 5.75 Å². The normalized spacial score (nSPS) is 20.1. The van der Waals surface area contributed by atoms with Crippen molar-refractivity contribution in [2.45, 2.75) is 25.8 Å². The molecule has 6 nitrogen and oxygen atoms in total. The van der Waals surface area contributed by atoms with Gasteiger partial charge in [0.15, 0.2) is 16.4 Å². The molecule has 116 valence electrons. The largest absolute Gasteiger partial charge is 0.484 e. The first-order chi connectivity index (χ1) is 9.98. The molecule has 0 radical (unpaired) electrons. The van der Waals surface area contributed by atoms with Crippen LogP contribution in [-0.4, -0.2) is 38.5 Å². The van der Waals surface area contributed by atoms with Gasteiger partial charge in [-0.2, -0.15) is 0 Å². The summed E-state index contributed by atoms with van der Waals surface area (Å²) < 4.78 is 27.9. The summed E-state index contributed by atoms with van der Waals surface area (Å²) in [7, 11) is -2.95. The van der Waals surface area contributed by atoms with Crippen LogP contribution in [0.5, 0.6) is 5.75 Å². The molecule has 0 aliphatic carbocycles. The molecule has 1 aliphatic heterocycles. The lowest BCUT2D eigenvalue weighted by Gasteiger charge is -2.12. The first-order valence-electron chi connectivity index (χ1n) is 6.95. The minimum Gasteiger partial charge on any atom is -0.484 e. The van der Waals surface area contributed by atoms with Crippen LogP contribution in [0.25, 0.3) is 0 Å². The van der Waals surface area contributed by atoms with Crippen molar-refractivity contribution in [3.63, 3.8) is 0 Å². The zero-order chi connectivity index (χ0) is 15.3. The summed E-state index contributed by atoms with van der Waals surface area (Å²) >= 11 is 0. The minimum atomic E-state index is -2.95. The fourth-order valence-corrected chi connectivity index (χ4v) is 3.77. The fraction of sp³-hybridized carbons (Fsp3) is 0.500. The molecule has 0 aromatic heterocycles. The van der Waals surface area contributed by atoms with E-state index in [1.54, 1.807) is 0 Å². The van der Waals surface area contributed by atoms with Gasteiger partial charge in [0.2, 0.25) is 0 Å². The maximum atomic E-state index is 11.6. The van der Waals surface area contributed by atoms with Crippen molar-refractivity contribution >= 4 is 15.7 Å². The Morgan fingerprint density at radius 2 is 2.05 bits per heavy atom. The molecule has 0 saturated carbocycles. The molecule has 1 aliphatic rings. The lowest BCUT2D eigenvalue weighted by atomic mass is 10.2. The molecular weight excluding hydrogens is 292 g/mol. The molecule has 7 heteroatoms. The number of hydrogen-bond donors (Lipinski definition) is 2. The van der Waals surface area contributed by atoms with Crippen LogP contribution in [0, 0.1) is 0 Å². The molecule has 1 aromatic carbocycles. The van der Waals surface area contributed by atoms with Gasteiger partial charge in [-0.15, -0.1) is 0 Å². The Morgan fingerprint density at radius 1 is 1.33 bits per heavy atom. The first-order valence-corrected chi connectivity index (χ1v) is 8.77. The van der Waals surface area contributed by atoms with Crippen LogP contribution in [0.2, 0.25) is 0 Å². The molecular formula is C14H20N2O4S. The highest BCUT2D eigenvalue weighted by molar-refractivity contribution is 7.91. The van der Waals surface area contributed by atoms with E-state index in [4.69, 9.17) is 4.74 Å². The number of hydrazine groups is 1. The number of carbonyl (C=O) groups is 1. The Labute approximate surface area is 124 Å². The van der Waals surface area contributed by atoms with E-state index in [1.165, 1.54) is 5.56 Å². The van der Waals surface area contributed by atoms with E-state index < -0.39 is 9.84 Å². The van der Waals surface area contributed by atoms with Gasteiger partial charge in [0.05, 0.1) is 11.5 Å². The number of hydrogen-bond acceptors (Lipinski definition) is 5. The van der Waals surface area contributed by atoms with Crippen LogP contribution in [0.1, 0.15) is 18.9 Å². The number of amides is 1. The predicted octanol–water partition coefficient (Wildman–Crippen LogP) is 0.436. The Balaban J connectivity index is 1.70. The zero-order valence-corrected chi connectivity index (χ0v) is 12.8. The third-order valence-electron chi connectivity index (χ3n) is 3.35. The van der Waals surface area contributed by atoms with Crippen LogP contribution in [-0.2, 0) is 21.1 Å². The summed E-state index contributed by atoms with van der Waals surface area (Å²) in [4.78, 5) is 11.6. The molecule has 21 heavy (non-hydrogen) atoms. The van der Waals surface area contributed by atoms with Crippen molar-refractivity contribution in [1.29, 1.82) is 0 Å². The summed E-state index contributed by atoms with van der Waals surface area (Å²) in [6, 6.07) is 7.33. The van der Waals surface area contributed by atoms with Crippen LogP contribution in [0.4, 0.5) is 0 Å². The Kier molecular flexibility index (Phi) is 5.19. The van der Waals surface area contributed by atoms with E-state index in [-0.39, 0.29) is 30.1 Å². The minimum absolute atomic E-state index is 0.0621. The van der Waals surface area contributed by atoms with Gasteiger partial charge in [-0.05, 0) is 30.5 Å². The summed E-state index contributed by atoms with van der Waals surface area (Å²) in [6.07, 6.45) is 1.47. The smallest absolute Gasteiger partial charge is 0.271 e. The standard InChI is InChI=1S/C14H20N2O4S/c1-2-11-3-5-13(6-4-11)20-9-14(17)16-15-12-7-8-21(18,19)10-12/h3-6,12,15H,2,7-10H2,1H3,(H,16,17)/t12-/m0/s1. The molecule has 2 rings (SSSR count). The average Bonchev–Trinajstić information content (AvgIpc) is 2.83. The molecule has 1 amide bonds. The van der Waals surface area contributed by atoms with Crippen LogP contribution in [0.3, 0.4) is 0 Å². The van der Waals surface area contributed by atoms with E-state index >= 15 is 0 Å². The third-order valence-corrected chi connectivity index (χ3v) is 5.12. The van der Waals surface area contributed by atoms with Crippen molar-refractivity contribution in [3.05, 3.63) is 29.8 Å². The van der Waals surface area contributed by atoms with Gasteiger partial charge < -0.3 is 4.74 Å². The lowest BCUT2D eigenvalue weighted by Crippen LogP contribution is -2.46. The Bertz CT molecular complexity index is 583. The molecule has 1 aromatic rings. The Morgan fingerprint density at radius 3 is 2.62 bits per heavy atom. The summed E-state index contributed by atoms with van der Waals surface area (Å²) in [5, 5.41) is 0. The van der Waals surface area contributed by atoms with Crippen molar-refractivity contribution in [2.75, 3.05) is 18.1 Å². The van der Waals surface area contributed by atoms with Gasteiger partial charge in [0, 0.05) is 6.04 Å². The van der Waals surface area contributed by atoms with Crippen molar-refractivity contribution in [2.24, 2.45) is 0 Å². The molecule has 1 heterocycles. The van der Waals surface area contributed by atoms with Gasteiger partial charge in [-0.3, -0.25) is 10.2 Å². The molecule has 1 atom stereocenters. The highest BCUT2D eigenvalue weighted by Crippen LogP contribution is 2.12. The number of benzene rings is 1. The number of carbonyl (C=O) groups excluding carboxylic acids is 1. The van der Waals surface area contributed by atoms with E-state index in [0.717, 1.165) is 6.42 Å². The number of ether oxygens (including phenoxy) is 1. The second-order valence-electron chi connectivity index (χ2n) is 5.08. The number of nitrogens with one attached hydrogen (secondary N) is 2. The predicted molar refractivity (Wildman–Crippen MR) is 79.7 cm³/mol. The number of rotatable bonds is 6. The van der Waals surface area contributed by atoms with Gasteiger partial charge in [0.25, 0.3) is 5.91 Å². The second-order valence-corrected chi connectivity index (χ2v) is 7.31. The van der Waals surface area contributed by atoms with Crippen LogP contribution in [0.15, 0.2) is 24.3 Å². The third kappa shape index (κ3) is 5.02. The van der Waals surface area contributed by atoms with Gasteiger partial charge >= 0.3 is 0 Å². The van der Waals surface area contributed by atoms with Gasteiger partial charge in [0.1, 0.15) is 5.75 Å². The average molecular weight is 312 g/mol. The van der Waals surface area contributed by atoms with E-state index in [1.807, 2.05) is 24.3 Å². The topological polar surface area (TPSA) is 84.5 Å². The number of aryl methyl sites for hydroxylation is 1. The van der Waals surface area contributed by atoms with E-state index in [2.05, 4.69) is 17.8 Å². The summed E-state index contributed by atoms with van der Waals surface area (Å²) in [6.45, 7) is 1.95. The molecule has 0 spiro atoms. The fourth-order valence-electron chi connectivity index (χ4n) is 2.10. The van der Waals surface area contributed by atoms with Crippen molar-refractivity contribution in [1.82, 2.24) is 10.9 Å². The lowest BCUT2D eigenvalue weighted by molar-refractivity contribution is -0.124. The zero-order valence-electron chi connectivity index (χ0n) is 12.0. The van der Waals surface area contributed by atoms with E-state index in [0.29, 0.717) is 12.2 Å². The maximum absolute atomic E-state index is 11.6. The monoisotopic (exact) mass is 312 g/mol.